The van der Waals surface area contributed by atoms with Gasteiger partial charge >= 0.3 is 12.1 Å². The number of carboxylic acid groups (broad SMARTS) is 1. The van der Waals surface area contributed by atoms with Gasteiger partial charge < -0.3 is 14.4 Å². The number of rotatable bonds is 8. The summed E-state index contributed by atoms with van der Waals surface area (Å²) in [7, 11) is 0. The van der Waals surface area contributed by atoms with Gasteiger partial charge in [0.2, 0.25) is 11.9 Å². The third-order valence-corrected chi connectivity index (χ3v) is 4.62. The van der Waals surface area contributed by atoms with Crippen molar-refractivity contribution < 1.29 is 32.3 Å². The number of alkyl halides is 3. The second-order valence-electron chi connectivity index (χ2n) is 6.87. The molecule has 0 radical (unpaired) electrons. The molecule has 0 bridgehead atoms. The Balaban J connectivity index is 2.22. The lowest BCUT2D eigenvalue weighted by Crippen LogP contribution is -2.20. The largest absolute Gasteiger partial charge is 0.478 e. The number of carbonyl (C=O) groups is 1. The summed E-state index contributed by atoms with van der Waals surface area (Å²) in [6.45, 7) is 3.74. The number of hydrogen-bond acceptors (Lipinski definition) is 5. The van der Waals surface area contributed by atoms with Crippen LogP contribution in [-0.4, -0.2) is 21.2 Å². The Hall–Kier alpha value is -3.10. The van der Waals surface area contributed by atoms with Crippen LogP contribution in [0.1, 0.15) is 55.2 Å². The number of carboxylic acids is 1. The van der Waals surface area contributed by atoms with Gasteiger partial charge in [-0.3, -0.25) is 4.98 Å². The van der Waals surface area contributed by atoms with E-state index in [0.29, 0.717) is 42.4 Å². The van der Waals surface area contributed by atoms with E-state index >= 15 is 0 Å². The molecule has 0 fully saturated rings. The number of benzene rings is 1. The van der Waals surface area contributed by atoms with Crippen LogP contribution in [0.25, 0.3) is 10.9 Å². The molecule has 0 aliphatic rings. The number of aliphatic carboxylic acids is 1. The van der Waals surface area contributed by atoms with Crippen LogP contribution in [0, 0.1) is 0 Å². The van der Waals surface area contributed by atoms with E-state index in [1.165, 1.54) is 18.5 Å². The van der Waals surface area contributed by atoms with E-state index in [1.807, 2.05) is 13.8 Å². The molecule has 1 aromatic carbocycles. The van der Waals surface area contributed by atoms with Gasteiger partial charge in [0.1, 0.15) is 11.3 Å². The molecule has 0 saturated heterocycles. The van der Waals surface area contributed by atoms with E-state index in [-0.39, 0.29) is 16.7 Å². The maximum atomic E-state index is 13.4. The minimum absolute atomic E-state index is 0.0364. The predicted molar refractivity (Wildman–Crippen MR) is 102 cm³/mol. The quantitative estimate of drug-likeness (QED) is 0.527. The number of pyridine rings is 1. The molecule has 1 N–H and O–H groups in total. The van der Waals surface area contributed by atoms with Crippen LogP contribution in [-0.2, 0) is 23.8 Å². The number of ether oxygens (including phenoxy) is 1. The van der Waals surface area contributed by atoms with Crippen LogP contribution < -0.4 is 4.74 Å². The SMILES string of the molecule is CCCc1cc2c(C(F)(F)F)onc2c(CCC)c1OC(C(=O)O)c1cccnc1. The Bertz CT molecular complexity index is 1030. The summed E-state index contributed by atoms with van der Waals surface area (Å²) in [5.41, 5.74) is 1.26. The highest BCUT2D eigenvalue weighted by Crippen LogP contribution is 2.41. The van der Waals surface area contributed by atoms with Crippen molar-refractivity contribution in [2.24, 2.45) is 0 Å². The summed E-state index contributed by atoms with van der Waals surface area (Å²) in [6, 6.07) is 4.50. The third-order valence-electron chi connectivity index (χ3n) is 4.62. The molecule has 0 aliphatic heterocycles. The lowest BCUT2D eigenvalue weighted by atomic mass is 9.97. The number of halogens is 3. The van der Waals surface area contributed by atoms with Gasteiger partial charge in [-0.15, -0.1) is 0 Å². The van der Waals surface area contributed by atoms with Crippen LogP contribution in [0.5, 0.6) is 5.75 Å². The van der Waals surface area contributed by atoms with E-state index in [4.69, 9.17) is 4.74 Å². The Kier molecular flexibility index (Phi) is 6.28. The number of aromatic nitrogens is 2. The van der Waals surface area contributed by atoms with Crippen LogP contribution in [0.2, 0.25) is 0 Å². The molecule has 0 saturated carbocycles. The van der Waals surface area contributed by atoms with Crippen molar-refractivity contribution in [2.75, 3.05) is 0 Å². The van der Waals surface area contributed by atoms with E-state index in [2.05, 4.69) is 14.7 Å². The average molecular weight is 422 g/mol. The predicted octanol–water partition coefficient (Wildman–Crippen LogP) is 5.35. The first-order chi connectivity index (χ1) is 14.3. The molecule has 2 aromatic heterocycles. The van der Waals surface area contributed by atoms with Crippen LogP contribution in [0.3, 0.4) is 0 Å². The number of nitrogens with zero attached hydrogens (tertiary/aromatic N) is 2. The zero-order chi connectivity index (χ0) is 21.9. The highest BCUT2D eigenvalue weighted by atomic mass is 19.4. The molecule has 1 atom stereocenters. The summed E-state index contributed by atoms with van der Waals surface area (Å²) in [4.78, 5) is 15.8. The van der Waals surface area contributed by atoms with Gasteiger partial charge in [-0.2, -0.15) is 13.2 Å². The first kappa shape index (κ1) is 21.6. The van der Waals surface area contributed by atoms with Crippen molar-refractivity contribution in [2.45, 2.75) is 51.8 Å². The Morgan fingerprint density at radius 3 is 2.57 bits per heavy atom. The molecular formula is C21H21F3N2O4. The van der Waals surface area contributed by atoms with Crippen molar-refractivity contribution in [1.82, 2.24) is 10.1 Å². The topological polar surface area (TPSA) is 85.5 Å². The van der Waals surface area contributed by atoms with Gasteiger partial charge in [0.25, 0.3) is 0 Å². The van der Waals surface area contributed by atoms with Crippen LogP contribution in [0.15, 0.2) is 35.1 Å². The summed E-state index contributed by atoms with van der Waals surface area (Å²) in [6.07, 6.45) is -1.18. The van der Waals surface area contributed by atoms with Crippen molar-refractivity contribution >= 4 is 16.9 Å². The summed E-state index contributed by atoms with van der Waals surface area (Å²) in [5, 5.41) is 13.2. The Morgan fingerprint density at radius 1 is 1.27 bits per heavy atom. The first-order valence-electron chi connectivity index (χ1n) is 9.58. The average Bonchev–Trinajstić information content (AvgIpc) is 3.12. The fraction of sp³-hybridized carbons (Fsp3) is 0.381. The molecular weight excluding hydrogens is 401 g/mol. The van der Waals surface area contributed by atoms with Gasteiger partial charge in [-0.25, -0.2) is 4.79 Å². The fourth-order valence-electron chi connectivity index (χ4n) is 3.39. The minimum Gasteiger partial charge on any atom is -0.478 e. The first-order valence-corrected chi connectivity index (χ1v) is 9.58. The second-order valence-corrected chi connectivity index (χ2v) is 6.87. The maximum Gasteiger partial charge on any atom is 0.453 e. The Morgan fingerprint density at radius 2 is 2.00 bits per heavy atom. The lowest BCUT2D eigenvalue weighted by molar-refractivity contribution is -0.154. The minimum atomic E-state index is -4.69. The molecule has 3 rings (SSSR count). The van der Waals surface area contributed by atoms with Crippen LogP contribution in [0.4, 0.5) is 13.2 Å². The van der Waals surface area contributed by atoms with Crippen molar-refractivity contribution in [3.8, 4) is 5.75 Å². The molecule has 3 aromatic rings. The molecule has 6 nitrogen and oxygen atoms in total. The van der Waals surface area contributed by atoms with Gasteiger partial charge in [0, 0.05) is 23.5 Å². The molecule has 0 aliphatic carbocycles. The van der Waals surface area contributed by atoms with Crippen molar-refractivity contribution in [1.29, 1.82) is 0 Å². The standard InChI is InChI=1S/C21H21F3N2O4/c1-3-6-12-10-15-16(26-30-19(15)21(22,23)24)14(7-4-2)17(12)29-18(20(27)28)13-8-5-9-25-11-13/h5,8-11,18H,3-4,6-7H2,1-2H3,(H,27,28). The smallest absolute Gasteiger partial charge is 0.453 e. The Labute approximate surface area is 170 Å². The molecule has 160 valence electrons. The molecule has 30 heavy (non-hydrogen) atoms. The monoisotopic (exact) mass is 422 g/mol. The van der Waals surface area contributed by atoms with Gasteiger partial charge in [0.05, 0.1) is 5.39 Å². The molecule has 1 unspecified atom stereocenters. The molecule has 9 heteroatoms. The molecule has 0 amide bonds. The summed E-state index contributed by atoms with van der Waals surface area (Å²) in [5.74, 6) is -2.16. The highest BCUT2D eigenvalue weighted by Gasteiger charge is 2.39. The van der Waals surface area contributed by atoms with Gasteiger partial charge in [-0.1, -0.05) is 37.9 Å². The second kappa shape index (κ2) is 8.73. The van der Waals surface area contributed by atoms with Gasteiger partial charge in [0.15, 0.2) is 0 Å². The molecule has 0 spiro atoms. The number of aryl methyl sites for hydroxylation is 2. The summed E-state index contributed by atoms with van der Waals surface area (Å²) < 4.78 is 50.7. The zero-order valence-electron chi connectivity index (χ0n) is 16.5. The highest BCUT2D eigenvalue weighted by molar-refractivity contribution is 5.88. The lowest BCUT2D eigenvalue weighted by Gasteiger charge is -2.21. The van der Waals surface area contributed by atoms with E-state index < -0.39 is 24.0 Å². The maximum absolute atomic E-state index is 13.4. The van der Waals surface area contributed by atoms with Gasteiger partial charge in [-0.05, 0) is 30.5 Å². The van der Waals surface area contributed by atoms with Crippen molar-refractivity contribution in [3.63, 3.8) is 0 Å². The zero-order valence-corrected chi connectivity index (χ0v) is 16.5. The number of hydrogen-bond donors (Lipinski definition) is 1. The van der Waals surface area contributed by atoms with E-state index in [1.54, 1.807) is 12.1 Å². The summed E-state index contributed by atoms with van der Waals surface area (Å²) >= 11 is 0. The third kappa shape index (κ3) is 4.24. The fourth-order valence-corrected chi connectivity index (χ4v) is 3.39. The molecule has 2 heterocycles. The number of fused-ring (bicyclic) bond motifs is 1. The van der Waals surface area contributed by atoms with Crippen molar-refractivity contribution in [3.05, 3.63) is 53.0 Å². The van der Waals surface area contributed by atoms with E-state index in [0.717, 1.165) is 0 Å². The van der Waals surface area contributed by atoms with E-state index in [9.17, 15) is 23.1 Å². The van der Waals surface area contributed by atoms with Crippen LogP contribution >= 0.6 is 0 Å². The normalized spacial score (nSPS) is 12.8.